The van der Waals surface area contributed by atoms with E-state index in [-0.39, 0.29) is 0 Å². The second-order valence-corrected chi connectivity index (χ2v) is 13.8. The van der Waals surface area contributed by atoms with Crippen LogP contribution >= 0.6 is 0 Å². The molecule has 0 spiro atoms. The van der Waals surface area contributed by atoms with Crippen molar-refractivity contribution >= 4 is 46.3 Å². The number of hydrogen-bond donors (Lipinski definition) is 0. The molecule has 5 heteroatoms. The van der Waals surface area contributed by atoms with E-state index in [0.29, 0.717) is 23.0 Å². The Morgan fingerprint density at radius 2 is 1.13 bits per heavy atom. The molecule has 2 aliphatic heterocycles. The van der Waals surface area contributed by atoms with Gasteiger partial charge in [-0.2, -0.15) is 0 Å². The Morgan fingerprint density at radius 1 is 0.481 bits per heavy atom. The van der Waals surface area contributed by atoms with Crippen LogP contribution in [0, 0.1) is 0 Å². The minimum absolute atomic E-state index is 0.456. The summed E-state index contributed by atoms with van der Waals surface area (Å²) >= 11 is 0. The molecule has 0 unspecified atom stereocenters. The number of ether oxygens (including phenoxy) is 3. The van der Waals surface area contributed by atoms with E-state index < -0.39 is 5.41 Å². The highest BCUT2D eigenvalue weighted by Gasteiger charge is 2.39. The normalized spacial score (nSPS) is 14.1. The zero-order valence-corrected chi connectivity index (χ0v) is 28.8. The van der Waals surface area contributed by atoms with Crippen LogP contribution in [0.15, 0.2) is 158 Å². The van der Waals surface area contributed by atoms with Gasteiger partial charge in [0, 0.05) is 39.7 Å². The summed E-state index contributed by atoms with van der Waals surface area (Å²) in [6, 6.07) is 54.2. The molecule has 3 aliphatic rings. The van der Waals surface area contributed by atoms with Gasteiger partial charge in [-0.3, -0.25) is 0 Å². The molecule has 0 radical (unpaired) electrons. The van der Waals surface area contributed by atoms with Crippen LogP contribution in [0.4, 0.5) is 34.1 Å². The van der Waals surface area contributed by atoms with Gasteiger partial charge >= 0.3 is 0 Å². The first kappa shape index (κ1) is 30.1. The Hall–Kier alpha value is -6.72. The lowest BCUT2D eigenvalue weighted by Gasteiger charge is -2.38. The van der Waals surface area contributed by atoms with Gasteiger partial charge in [-0.05, 0) is 83.9 Å². The molecule has 250 valence electrons. The average molecular weight is 675 g/mol. The highest BCUT2D eigenvalue weighted by atomic mass is 16.6. The van der Waals surface area contributed by atoms with Crippen molar-refractivity contribution in [3.05, 3.63) is 180 Å². The van der Waals surface area contributed by atoms with E-state index in [0.717, 1.165) is 67.9 Å². The molecule has 0 amide bonds. The molecule has 0 aromatic heterocycles. The lowest BCUT2D eigenvalue weighted by atomic mass is 9.74. The minimum Gasteiger partial charge on any atom is -0.453 e. The molecule has 0 bridgehead atoms. The molecule has 52 heavy (non-hydrogen) atoms. The van der Waals surface area contributed by atoms with Crippen LogP contribution in [0.25, 0.3) is 12.2 Å². The molecule has 0 saturated heterocycles. The summed E-state index contributed by atoms with van der Waals surface area (Å²) in [5.41, 5.74) is 10.1. The summed E-state index contributed by atoms with van der Waals surface area (Å²) in [7, 11) is 0. The lowest BCUT2D eigenvalue weighted by molar-refractivity contribution is 0.358. The third kappa shape index (κ3) is 4.70. The first-order chi connectivity index (χ1) is 25.5. The van der Waals surface area contributed by atoms with Crippen molar-refractivity contribution in [1.82, 2.24) is 0 Å². The number of benzene rings is 7. The van der Waals surface area contributed by atoms with E-state index in [2.05, 4.69) is 151 Å². The van der Waals surface area contributed by atoms with Crippen LogP contribution in [0.5, 0.6) is 34.5 Å². The minimum atomic E-state index is -0.456. The number of rotatable bonds is 4. The maximum atomic E-state index is 6.85. The van der Waals surface area contributed by atoms with Crippen molar-refractivity contribution in [3.8, 4) is 34.5 Å². The van der Waals surface area contributed by atoms with E-state index in [4.69, 9.17) is 14.2 Å². The second kappa shape index (κ2) is 11.7. The molecule has 5 nitrogen and oxygen atoms in total. The Balaban J connectivity index is 1.06. The molecule has 0 N–H and O–H groups in total. The summed E-state index contributed by atoms with van der Waals surface area (Å²) in [5, 5.41) is 0. The van der Waals surface area contributed by atoms with Crippen LogP contribution in [-0.4, -0.2) is 0 Å². The van der Waals surface area contributed by atoms with E-state index in [1.807, 2.05) is 42.5 Å². The Kier molecular flexibility index (Phi) is 6.77. The van der Waals surface area contributed by atoms with Crippen LogP contribution in [0.2, 0.25) is 0 Å². The lowest BCUT2D eigenvalue weighted by Crippen LogP contribution is -2.25. The number of para-hydroxylation sites is 5. The molecular weight excluding hydrogens is 641 g/mol. The van der Waals surface area contributed by atoms with Crippen molar-refractivity contribution < 1.29 is 14.2 Å². The highest BCUT2D eigenvalue weighted by molar-refractivity contribution is 5.91. The first-order valence-electron chi connectivity index (χ1n) is 17.6. The molecule has 1 aliphatic carbocycles. The van der Waals surface area contributed by atoms with Gasteiger partial charge in [0.05, 0.1) is 17.1 Å². The van der Waals surface area contributed by atoms with Crippen molar-refractivity contribution in [2.75, 3.05) is 9.80 Å². The van der Waals surface area contributed by atoms with Gasteiger partial charge in [-0.15, -0.1) is 0 Å². The van der Waals surface area contributed by atoms with E-state index in [9.17, 15) is 0 Å². The summed E-state index contributed by atoms with van der Waals surface area (Å²) in [6.45, 7) is 4.54. The fourth-order valence-corrected chi connectivity index (χ4v) is 7.89. The van der Waals surface area contributed by atoms with Gasteiger partial charge in [0.15, 0.2) is 34.5 Å². The monoisotopic (exact) mass is 674 g/mol. The Bertz CT molecular complexity index is 2490. The second-order valence-electron chi connectivity index (χ2n) is 13.8. The Labute approximate surface area is 303 Å². The molecule has 7 aromatic carbocycles. The van der Waals surface area contributed by atoms with Crippen molar-refractivity contribution in [2.24, 2.45) is 0 Å². The van der Waals surface area contributed by atoms with Crippen LogP contribution in [0.1, 0.15) is 36.1 Å². The van der Waals surface area contributed by atoms with Crippen LogP contribution < -0.4 is 24.0 Å². The fraction of sp³-hybridized carbons (Fsp3) is 0.0638. The van der Waals surface area contributed by atoms with E-state index in [1.165, 1.54) is 0 Å². The molecular formula is C47H34N2O3. The quantitative estimate of drug-likeness (QED) is 0.186. The molecule has 0 fully saturated rings. The average Bonchev–Trinajstić information content (AvgIpc) is 3.30. The topological polar surface area (TPSA) is 34.2 Å². The number of anilines is 6. The third-order valence-electron chi connectivity index (χ3n) is 10.3. The highest BCUT2D eigenvalue weighted by Crippen LogP contribution is 2.58. The van der Waals surface area contributed by atoms with Gasteiger partial charge in [0.25, 0.3) is 0 Å². The number of hydrogen-bond acceptors (Lipinski definition) is 5. The van der Waals surface area contributed by atoms with Gasteiger partial charge in [0.1, 0.15) is 0 Å². The van der Waals surface area contributed by atoms with Crippen molar-refractivity contribution in [3.63, 3.8) is 0 Å². The van der Waals surface area contributed by atoms with Gasteiger partial charge in [-0.25, -0.2) is 0 Å². The summed E-state index contributed by atoms with van der Waals surface area (Å²) in [4.78, 5) is 4.52. The van der Waals surface area contributed by atoms with Crippen molar-refractivity contribution in [2.45, 2.75) is 19.3 Å². The first-order valence-corrected chi connectivity index (χ1v) is 17.6. The van der Waals surface area contributed by atoms with Gasteiger partial charge < -0.3 is 24.0 Å². The summed E-state index contributed by atoms with van der Waals surface area (Å²) in [5.74, 6) is 4.43. The maximum Gasteiger partial charge on any atom is 0.177 e. The molecule has 10 rings (SSSR count). The zero-order chi connectivity index (χ0) is 34.8. The third-order valence-corrected chi connectivity index (χ3v) is 10.3. The summed E-state index contributed by atoms with van der Waals surface area (Å²) in [6.07, 6.45) is 4.34. The van der Waals surface area contributed by atoms with Gasteiger partial charge in [0.2, 0.25) is 0 Å². The zero-order valence-electron chi connectivity index (χ0n) is 28.8. The maximum absolute atomic E-state index is 6.85. The predicted octanol–water partition coefficient (Wildman–Crippen LogP) is 13.4. The molecule has 0 atom stereocenters. The largest absolute Gasteiger partial charge is 0.453 e. The molecule has 2 heterocycles. The summed E-state index contributed by atoms with van der Waals surface area (Å²) < 4.78 is 20.3. The SMILES string of the molecule is CC1(C)c2ccc3c(c2C=Cc2ccc4c(c21)Oc1ccccc1N4c1ccccc1)Oc1ccc(N(c2ccccc2)c2ccccc2)cc1O3. The predicted molar refractivity (Wildman–Crippen MR) is 210 cm³/mol. The van der Waals surface area contributed by atoms with E-state index >= 15 is 0 Å². The van der Waals surface area contributed by atoms with Gasteiger partial charge in [-0.1, -0.05) is 105 Å². The van der Waals surface area contributed by atoms with Crippen LogP contribution in [0.3, 0.4) is 0 Å². The number of nitrogens with zero attached hydrogens (tertiary/aromatic N) is 2. The number of fused-ring (bicyclic) bond motifs is 8. The van der Waals surface area contributed by atoms with E-state index in [1.54, 1.807) is 0 Å². The van der Waals surface area contributed by atoms with Crippen molar-refractivity contribution in [1.29, 1.82) is 0 Å². The molecule has 0 saturated carbocycles. The smallest absolute Gasteiger partial charge is 0.177 e. The fourth-order valence-electron chi connectivity index (χ4n) is 7.89. The Morgan fingerprint density at radius 3 is 1.88 bits per heavy atom. The standard InChI is InChI=1S/C47H34N2O3/c1-47(2)37-26-29-42-45(52-41-28-24-35(30-43(41)50-42)48(32-14-6-3-7-15-32)33-16-8-4-9-17-33)36(37)25-22-31-23-27-39-46(44(31)47)51-40-21-13-12-20-38(40)49(39)34-18-10-5-11-19-34/h3-30H,1-2H3. The van der Waals surface area contributed by atoms with Crippen LogP contribution in [-0.2, 0) is 5.41 Å². The molecule has 7 aromatic rings.